The van der Waals surface area contributed by atoms with Crippen molar-refractivity contribution in [2.75, 3.05) is 6.61 Å². The molecule has 0 aliphatic heterocycles. The summed E-state index contributed by atoms with van der Waals surface area (Å²) in [6.07, 6.45) is 1.25. The van der Waals surface area contributed by atoms with Crippen LogP contribution in [0.4, 0.5) is 4.39 Å². The Kier molecular flexibility index (Phi) is 3.68. The molecule has 0 aliphatic carbocycles. The summed E-state index contributed by atoms with van der Waals surface area (Å²) in [6.45, 7) is 1.91. The molecule has 0 N–H and O–H groups in total. The molecule has 0 atom stereocenters. The smallest absolute Gasteiger partial charge is 0.341 e. The summed E-state index contributed by atoms with van der Waals surface area (Å²) >= 11 is 12.0. The van der Waals surface area contributed by atoms with Crippen molar-refractivity contribution >= 4 is 40.1 Å². The van der Waals surface area contributed by atoms with Gasteiger partial charge >= 0.3 is 5.97 Å². The van der Waals surface area contributed by atoms with Crippen molar-refractivity contribution in [3.8, 4) is 0 Å². The van der Waals surface area contributed by atoms with Crippen molar-refractivity contribution in [2.45, 2.75) is 6.92 Å². The Morgan fingerprint density at radius 2 is 2.17 bits per heavy atom. The van der Waals surface area contributed by atoms with E-state index in [1.165, 1.54) is 12.3 Å². The maximum atomic E-state index is 13.1. The van der Waals surface area contributed by atoms with Crippen LogP contribution < -0.4 is 0 Å². The Hall–Kier alpha value is -1.39. The van der Waals surface area contributed by atoms with Gasteiger partial charge in [0.15, 0.2) is 0 Å². The van der Waals surface area contributed by atoms with Crippen LogP contribution in [0.2, 0.25) is 10.0 Å². The lowest BCUT2D eigenvalue weighted by atomic mass is 10.1. The number of carbonyl (C=O) groups is 1. The van der Waals surface area contributed by atoms with E-state index in [4.69, 9.17) is 27.9 Å². The molecule has 0 aliphatic rings. The molecule has 0 bridgehead atoms. The van der Waals surface area contributed by atoms with E-state index in [-0.39, 0.29) is 27.7 Å². The van der Waals surface area contributed by atoms with Gasteiger partial charge in [-0.05, 0) is 13.0 Å². The van der Waals surface area contributed by atoms with Crippen molar-refractivity contribution in [1.82, 2.24) is 4.98 Å². The summed E-state index contributed by atoms with van der Waals surface area (Å²) < 4.78 is 18.0. The normalized spacial score (nSPS) is 10.7. The first-order valence-corrected chi connectivity index (χ1v) is 5.90. The lowest BCUT2D eigenvalue weighted by molar-refractivity contribution is 0.0526. The molecule has 1 heterocycles. The molecule has 3 nitrogen and oxygen atoms in total. The Bertz CT molecular complexity index is 631. The Balaban J connectivity index is 2.67. The van der Waals surface area contributed by atoms with Crippen LogP contribution in [0.1, 0.15) is 17.3 Å². The first-order chi connectivity index (χ1) is 8.54. The first-order valence-electron chi connectivity index (χ1n) is 5.15. The van der Waals surface area contributed by atoms with E-state index in [2.05, 4.69) is 4.98 Å². The first kappa shape index (κ1) is 13.1. The second-order valence-corrected chi connectivity index (χ2v) is 4.27. The molecule has 94 valence electrons. The fourth-order valence-electron chi connectivity index (χ4n) is 1.56. The SMILES string of the molecule is CCOC(=O)c1cnc2cc(F)cc(Cl)c2c1Cl. The van der Waals surface area contributed by atoms with Crippen LogP contribution >= 0.6 is 23.2 Å². The number of aromatic nitrogens is 1. The fraction of sp³-hybridized carbons (Fsp3) is 0.167. The van der Waals surface area contributed by atoms with Crippen molar-refractivity contribution < 1.29 is 13.9 Å². The molecule has 0 saturated carbocycles. The molecule has 0 saturated heterocycles. The summed E-state index contributed by atoms with van der Waals surface area (Å²) in [5.41, 5.74) is 0.401. The van der Waals surface area contributed by atoms with Gasteiger partial charge in [0, 0.05) is 17.6 Å². The summed E-state index contributed by atoms with van der Waals surface area (Å²) in [7, 11) is 0. The summed E-state index contributed by atoms with van der Waals surface area (Å²) in [6, 6.07) is 2.31. The van der Waals surface area contributed by atoms with Gasteiger partial charge in [-0.25, -0.2) is 9.18 Å². The molecule has 0 radical (unpaired) electrons. The Morgan fingerprint density at radius 1 is 1.44 bits per heavy atom. The molecule has 6 heteroatoms. The highest BCUT2D eigenvalue weighted by Crippen LogP contribution is 2.32. The van der Waals surface area contributed by atoms with Gasteiger partial charge in [-0.3, -0.25) is 4.98 Å². The quantitative estimate of drug-likeness (QED) is 0.788. The topological polar surface area (TPSA) is 39.2 Å². The third-order valence-electron chi connectivity index (χ3n) is 2.32. The number of hydrogen-bond acceptors (Lipinski definition) is 3. The van der Waals surface area contributed by atoms with E-state index >= 15 is 0 Å². The predicted molar refractivity (Wildman–Crippen MR) is 67.7 cm³/mol. The molecule has 0 unspecified atom stereocenters. The largest absolute Gasteiger partial charge is 0.462 e. The molecule has 2 rings (SSSR count). The lowest BCUT2D eigenvalue weighted by Crippen LogP contribution is -2.06. The molecular weight excluding hydrogens is 280 g/mol. The number of halogens is 3. The number of pyridine rings is 1. The number of fused-ring (bicyclic) bond motifs is 1. The molecular formula is C12H8Cl2FNO2. The number of benzene rings is 1. The highest BCUT2D eigenvalue weighted by molar-refractivity contribution is 6.43. The van der Waals surface area contributed by atoms with Gasteiger partial charge in [0.1, 0.15) is 5.82 Å². The van der Waals surface area contributed by atoms with Gasteiger partial charge in [-0.15, -0.1) is 0 Å². The van der Waals surface area contributed by atoms with Gasteiger partial charge in [0.2, 0.25) is 0 Å². The van der Waals surface area contributed by atoms with Gasteiger partial charge in [0.05, 0.1) is 27.7 Å². The van der Waals surface area contributed by atoms with Crippen LogP contribution in [0, 0.1) is 5.82 Å². The van der Waals surface area contributed by atoms with Crippen LogP contribution in [-0.4, -0.2) is 17.6 Å². The molecule has 0 amide bonds. The predicted octanol–water partition coefficient (Wildman–Crippen LogP) is 3.86. The zero-order valence-corrected chi connectivity index (χ0v) is 10.8. The van der Waals surface area contributed by atoms with Crippen molar-refractivity contribution in [2.24, 2.45) is 0 Å². The monoisotopic (exact) mass is 287 g/mol. The van der Waals surface area contributed by atoms with E-state index in [0.29, 0.717) is 5.39 Å². The maximum Gasteiger partial charge on any atom is 0.341 e. The number of esters is 1. The highest BCUT2D eigenvalue weighted by Gasteiger charge is 2.17. The highest BCUT2D eigenvalue weighted by atomic mass is 35.5. The Morgan fingerprint density at radius 3 is 2.83 bits per heavy atom. The van der Waals surface area contributed by atoms with Gasteiger partial charge in [-0.1, -0.05) is 23.2 Å². The van der Waals surface area contributed by atoms with E-state index < -0.39 is 11.8 Å². The molecule has 2 aromatic rings. The minimum atomic E-state index is -0.586. The Labute approximate surface area is 112 Å². The van der Waals surface area contributed by atoms with Gasteiger partial charge in [0.25, 0.3) is 0 Å². The van der Waals surface area contributed by atoms with Crippen molar-refractivity contribution in [1.29, 1.82) is 0 Å². The zero-order valence-electron chi connectivity index (χ0n) is 9.34. The molecule has 1 aromatic carbocycles. The fourth-order valence-corrected chi connectivity index (χ4v) is 2.22. The van der Waals surface area contributed by atoms with Crippen molar-refractivity contribution in [3.05, 3.63) is 39.8 Å². The summed E-state index contributed by atoms with van der Waals surface area (Å²) in [4.78, 5) is 15.6. The molecule has 18 heavy (non-hydrogen) atoms. The molecule has 0 fully saturated rings. The average molecular weight is 288 g/mol. The van der Waals surface area contributed by atoms with Crippen LogP contribution in [0.25, 0.3) is 10.9 Å². The number of nitrogens with zero attached hydrogens (tertiary/aromatic N) is 1. The van der Waals surface area contributed by atoms with Crippen LogP contribution in [0.15, 0.2) is 18.3 Å². The third-order valence-corrected chi connectivity index (χ3v) is 3.01. The molecule has 1 aromatic heterocycles. The van der Waals surface area contributed by atoms with Gasteiger partial charge in [-0.2, -0.15) is 0 Å². The summed E-state index contributed by atoms with van der Waals surface area (Å²) in [5, 5.41) is 0.558. The van der Waals surface area contributed by atoms with E-state index in [1.807, 2.05) is 0 Å². The van der Waals surface area contributed by atoms with Gasteiger partial charge < -0.3 is 4.74 Å². The van der Waals surface area contributed by atoms with Crippen LogP contribution in [0.5, 0.6) is 0 Å². The third kappa shape index (κ3) is 2.26. The number of carbonyl (C=O) groups excluding carboxylic acids is 1. The minimum Gasteiger partial charge on any atom is -0.462 e. The van der Waals surface area contributed by atoms with E-state index in [1.54, 1.807) is 6.92 Å². The average Bonchev–Trinajstić information content (AvgIpc) is 2.28. The second-order valence-electron chi connectivity index (χ2n) is 3.49. The standard InChI is InChI=1S/C12H8Cl2FNO2/c1-2-18-12(17)7-5-16-9-4-6(15)3-8(13)10(9)11(7)14/h3-5H,2H2,1H3. The second kappa shape index (κ2) is 5.08. The molecule has 0 spiro atoms. The van der Waals surface area contributed by atoms with Crippen LogP contribution in [-0.2, 0) is 4.74 Å². The number of ether oxygens (including phenoxy) is 1. The van der Waals surface area contributed by atoms with E-state index in [9.17, 15) is 9.18 Å². The maximum absolute atomic E-state index is 13.1. The lowest BCUT2D eigenvalue weighted by Gasteiger charge is -2.07. The summed E-state index contributed by atoms with van der Waals surface area (Å²) in [5.74, 6) is -1.10. The van der Waals surface area contributed by atoms with Crippen molar-refractivity contribution in [3.63, 3.8) is 0 Å². The zero-order chi connectivity index (χ0) is 13.3. The minimum absolute atomic E-state index is 0.105. The number of hydrogen-bond donors (Lipinski definition) is 0. The number of rotatable bonds is 2. The van der Waals surface area contributed by atoms with Crippen LogP contribution in [0.3, 0.4) is 0 Å². The van der Waals surface area contributed by atoms with E-state index in [0.717, 1.165) is 6.07 Å².